The Bertz CT molecular complexity index is 330. The molecule has 0 saturated heterocycles. The molecule has 0 unspecified atom stereocenters. The van der Waals surface area contributed by atoms with E-state index in [-0.39, 0.29) is 0 Å². The molecule has 0 bridgehead atoms. The molecule has 1 aromatic rings. The molecular formula is C12H18O2. The van der Waals surface area contributed by atoms with Crippen LogP contribution in [-0.2, 0) is 12.8 Å². The van der Waals surface area contributed by atoms with Gasteiger partial charge in [0, 0.05) is 5.56 Å². The van der Waals surface area contributed by atoms with Crippen LogP contribution in [0.5, 0.6) is 11.5 Å². The molecule has 0 amide bonds. The molecule has 0 aliphatic carbocycles. The molecule has 2 nitrogen and oxygen atoms in total. The quantitative estimate of drug-likeness (QED) is 0.726. The van der Waals surface area contributed by atoms with Crippen LogP contribution in [0.3, 0.4) is 0 Å². The molecule has 14 heavy (non-hydrogen) atoms. The van der Waals surface area contributed by atoms with E-state index in [2.05, 4.69) is 6.92 Å². The summed E-state index contributed by atoms with van der Waals surface area (Å²) in [6, 6.07) is 1.69. The fraction of sp³-hybridized carbons (Fsp3) is 0.500. The van der Waals surface area contributed by atoms with Crippen molar-refractivity contribution in [3.05, 3.63) is 22.8 Å². The zero-order chi connectivity index (χ0) is 10.7. The van der Waals surface area contributed by atoms with Crippen LogP contribution in [-0.4, -0.2) is 10.2 Å². The van der Waals surface area contributed by atoms with Gasteiger partial charge < -0.3 is 10.2 Å². The number of aryl methyl sites for hydroxylation is 1. The molecular weight excluding hydrogens is 176 g/mol. The number of phenols is 2. The van der Waals surface area contributed by atoms with Crippen LogP contribution >= 0.6 is 0 Å². The fourth-order valence-corrected chi connectivity index (χ4v) is 1.80. The molecule has 2 N–H and O–H groups in total. The van der Waals surface area contributed by atoms with Crippen LogP contribution in [0.25, 0.3) is 0 Å². The summed E-state index contributed by atoms with van der Waals surface area (Å²) in [6.45, 7) is 5.88. The second-order valence-corrected chi connectivity index (χ2v) is 3.61. The van der Waals surface area contributed by atoms with Gasteiger partial charge in [-0.25, -0.2) is 0 Å². The van der Waals surface area contributed by atoms with Crippen molar-refractivity contribution >= 4 is 0 Å². The van der Waals surface area contributed by atoms with E-state index in [0.717, 1.165) is 36.0 Å². The van der Waals surface area contributed by atoms with Crippen molar-refractivity contribution in [3.8, 4) is 11.5 Å². The van der Waals surface area contributed by atoms with Crippen LogP contribution in [0.1, 0.15) is 37.0 Å². The first kappa shape index (κ1) is 10.9. The first-order valence-electron chi connectivity index (χ1n) is 5.15. The third-order valence-electron chi connectivity index (χ3n) is 2.61. The van der Waals surface area contributed by atoms with Crippen molar-refractivity contribution in [2.75, 3.05) is 0 Å². The van der Waals surface area contributed by atoms with Gasteiger partial charge in [0.25, 0.3) is 0 Å². The highest BCUT2D eigenvalue weighted by Crippen LogP contribution is 2.33. The van der Waals surface area contributed by atoms with Gasteiger partial charge in [0.05, 0.1) is 0 Å². The molecule has 0 heterocycles. The van der Waals surface area contributed by atoms with E-state index in [9.17, 15) is 10.2 Å². The summed E-state index contributed by atoms with van der Waals surface area (Å²) >= 11 is 0. The maximum atomic E-state index is 9.85. The predicted molar refractivity (Wildman–Crippen MR) is 57.9 cm³/mol. The molecule has 0 radical (unpaired) electrons. The second-order valence-electron chi connectivity index (χ2n) is 3.61. The van der Waals surface area contributed by atoms with Crippen LogP contribution in [0, 0.1) is 6.92 Å². The van der Waals surface area contributed by atoms with E-state index < -0.39 is 0 Å². The largest absolute Gasteiger partial charge is 0.508 e. The van der Waals surface area contributed by atoms with Gasteiger partial charge in [-0.2, -0.15) is 0 Å². The predicted octanol–water partition coefficient (Wildman–Crippen LogP) is 2.92. The van der Waals surface area contributed by atoms with Crippen molar-refractivity contribution < 1.29 is 10.2 Å². The molecule has 0 aromatic heterocycles. The lowest BCUT2D eigenvalue weighted by Gasteiger charge is -2.12. The van der Waals surface area contributed by atoms with E-state index in [4.69, 9.17) is 0 Å². The highest BCUT2D eigenvalue weighted by atomic mass is 16.3. The summed E-state index contributed by atoms with van der Waals surface area (Å²) in [5.74, 6) is 0.660. The van der Waals surface area contributed by atoms with Crippen LogP contribution in [0.4, 0.5) is 0 Å². The highest BCUT2D eigenvalue weighted by molar-refractivity contribution is 5.51. The molecule has 0 fully saturated rings. The molecule has 0 atom stereocenters. The van der Waals surface area contributed by atoms with Crippen molar-refractivity contribution in [2.24, 2.45) is 0 Å². The van der Waals surface area contributed by atoms with E-state index >= 15 is 0 Å². The zero-order valence-corrected chi connectivity index (χ0v) is 9.09. The monoisotopic (exact) mass is 194 g/mol. The smallest absolute Gasteiger partial charge is 0.122 e. The summed E-state index contributed by atoms with van der Waals surface area (Å²) in [4.78, 5) is 0. The van der Waals surface area contributed by atoms with Gasteiger partial charge in [-0.1, -0.05) is 20.3 Å². The van der Waals surface area contributed by atoms with Crippen molar-refractivity contribution in [1.82, 2.24) is 0 Å². The summed E-state index contributed by atoms with van der Waals surface area (Å²) in [6.07, 6.45) is 2.53. The average Bonchev–Trinajstić information content (AvgIpc) is 2.15. The third-order valence-corrected chi connectivity index (χ3v) is 2.61. The number of rotatable bonds is 3. The topological polar surface area (TPSA) is 40.5 Å². The number of hydrogen-bond donors (Lipinski definition) is 2. The van der Waals surface area contributed by atoms with Gasteiger partial charge >= 0.3 is 0 Å². The lowest BCUT2D eigenvalue weighted by molar-refractivity contribution is 0.445. The molecule has 0 saturated carbocycles. The maximum Gasteiger partial charge on any atom is 0.122 e. The maximum absolute atomic E-state index is 9.85. The summed E-state index contributed by atoms with van der Waals surface area (Å²) in [7, 11) is 0. The SMILES string of the molecule is CCCc1cc(O)c(CC)c(C)c1O. The zero-order valence-electron chi connectivity index (χ0n) is 9.09. The van der Waals surface area contributed by atoms with Gasteiger partial charge in [0.1, 0.15) is 11.5 Å². The van der Waals surface area contributed by atoms with Crippen LogP contribution < -0.4 is 0 Å². The fourth-order valence-electron chi connectivity index (χ4n) is 1.80. The Balaban J connectivity index is 3.25. The Morgan fingerprint density at radius 1 is 1.21 bits per heavy atom. The lowest BCUT2D eigenvalue weighted by Crippen LogP contribution is -1.93. The Kier molecular flexibility index (Phi) is 3.39. The van der Waals surface area contributed by atoms with Crippen molar-refractivity contribution in [1.29, 1.82) is 0 Å². The first-order chi connectivity index (χ1) is 6.61. The van der Waals surface area contributed by atoms with Crippen LogP contribution in [0.2, 0.25) is 0 Å². The second kappa shape index (κ2) is 4.36. The molecule has 2 heteroatoms. The summed E-state index contributed by atoms with van der Waals surface area (Å²) < 4.78 is 0. The van der Waals surface area contributed by atoms with Crippen LogP contribution in [0.15, 0.2) is 6.07 Å². The Hall–Kier alpha value is -1.18. The minimum absolute atomic E-state index is 0.311. The molecule has 0 aliphatic heterocycles. The number of phenolic OH excluding ortho intramolecular Hbond substituents is 2. The molecule has 1 rings (SSSR count). The van der Waals surface area contributed by atoms with Gasteiger partial charge in [-0.15, -0.1) is 0 Å². The van der Waals surface area contributed by atoms with Crippen molar-refractivity contribution in [3.63, 3.8) is 0 Å². The van der Waals surface area contributed by atoms with E-state index in [1.807, 2.05) is 13.8 Å². The van der Waals surface area contributed by atoms with Gasteiger partial charge in [0.2, 0.25) is 0 Å². The van der Waals surface area contributed by atoms with E-state index in [0.29, 0.717) is 11.5 Å². The minimum Gasteiger partial charge on any atom is -0.508 e. The van der Waals surface area contributed by atoms with Gasteiger partial charge in [0.15, 0.2) is 0 Å². The highest BCUT2D eigenvalue weighted by Gasteiger charge is 2.11. The van der Waals surface area contributed by atoms with Gasteiger partial charge in [-0.05, 0) is 37.0 Å². The number of hydrogen-bond acceptors (Lipinski definition) is 2. The third kappa shape index (κ3) is 1.84. The molecule has 0 spiro atoms. The van der Waals surface area contributed by atoms with Gasteiger partial charge in [-0.3, -0.25) is 0 Å². The summed E-state index contributed by atoms with van der Waals surface area (Å²) in [5, 5.41) is 19.6. The number of aromatic hydroxyl groups is 2. The molecule has 0 aliphatic rings. The lowest BCUT2D eigenvalue weighted by atomic mass is 9.98. The minimum atomic E-state index is 0.311. The average molecular weight is 194 g/mol. The Morgan fingerprint density at radius 3 is 2.36 bits per heavy atom. The van der Waals surface area contributed by atoms with E-state index in [1.165, 1.54) is 0 Å². The standard InChI is InChI=1S/C12H18O2/c1-4-6-9-7-11(13)10(5-2)8(3)12(9)14/h7,13-14H,4-6H2,1-3H3. The Morgan fingerprint density at radius 2 is 1.86 bits per heavy atom. The molecule has 78 valence electrons. The van der Waals surface area contributed by atoms with E-state index in [1.54, 1.807) is 6.07 Å². The summed E-state index contributed by atoms with van der Waals surface area (Å²) in [5.41, 5.74) is 2.51. The molecule has 1 aromatic carbocycles. The number of benzene rings is 1. The Labute approximate surface area is 85.2 Å². The van der Waals surface area contributed by atoms with Crippen molar-refractivity contribution in [2.45, 2.75) is 40.0 Å². The first-order valence-corrected chi connectivity index (χ1v) is 5.15. The normalized spacial score (nSPS) is 10.5.